The van der Waals surface area contributed by atoms with Crippen molar-refractivity contribution in [3.8, 4) is 23.0 Å². The highest BCUT2D eigenvalue weighted by Crippen LogP contribution is 2.30. The van der Waals surface area contributed by atoms with Crippen LogP contribution >= 0.6 is 47.2 Å². The molecule has 23 heteroatoms. The highest BCUT2D eigenvalue weighted by molar-refractivity contribution is 6.33. The summed E-state index contributed by atoms with van der Waals surface area (Å²) in [4.78, 5) is 37.5. The molecule has 7 N–H and O–H groups in total. The van der Waals surface area contributed by atoms with Gasteiger partial charge in [-0.3, -0.25) is 0 Å². The lowest BCUT2D eigenvalue weighted by molar-refractivity contribution is 0.254. The second kappa shape index (κ2) is 32.6. The van der Waals surface area contributed by atoms with Crippen LogP contribution in [0.4, 0.5) is 29.1 Å². The molecule has 5 aromatic heterocycles. The summed E-state index contributed by atoms with van der Waals surface area (Å²) in [7, 11) is 8.34. The number of halogens is 4. The topological polar surface area (TPSA) is 235 Å². The third-order valence-corrected chi connectivity index (χ3v) is 10.0. The van der Waals surface area contributed by atoms with Crippen LogP contribution in [0, 0.1) is 20.8 Å². The van der Waals surface area contributed by atoms with Gasteiger partial charge >= 0.3 is 0 Å². The minimum Gasteiger partial charge on any atom is -0.491 e. The largest absolute Gasteiger partial charge is 0.491 e. The Morgan fingerprint density at radius 3 is 1.43 bits per heavy atom. The van der Waals surface area contributed by atoms with E-state index in [4.69, 9.17) is 59.5 Å². The SMILES string of the molecule is CN.CNc1cc(Cl)nc(C)n1.CNc1cc(Nc2cc(OCCCN3CCCC3)c(OC)cn2)nc(C)n1.COc1cnc(N)cc1OCCCN1CCCC1.Cc1nc(Cl)cc(Cl)n1.Cl. The van der Waals surface area contributed by atoms with E-state index >= 15 is 0 Å². The molecule has 0 spiro atoms. The molecule has 5 aromatic rings. The number of ether oxygens (including phenoxy) is 4. The van der Waals surface area contributed by atoms with Gasteiger partial charge in [-0.15, -0.1) is 12.4 Å². The Bertz CT molecular complexity index is 2100. The van der Waals surface area contributed by atoms with Gasteiger partial charge in [0, 0.05) is 57.5 Å². The van der Waals surface area contributed by atoms with Crippen LogP contribution in [0.15, 0.2) is 42.7 Å². The maximum absolute atomic E-state index is 5.96. The van der Waals surface area contributed by atoms with Gasteiger partial charge in [-0.1, -0.05) is 34.8 Å². The molecule has 2 saturated heterocycles. The van der Waals surface area contributed by atoms with Crippen molar-refractivity contribution in [2.75, 3.05) is 110 Å². The van der Waals surface area contributed by atoms with Crippen LogP contribution in [-0.4, -0.2) is 138 Å². The predicted molar refractivity (Wildman–Crippen MR) is 273 cm³/mol. The average molecular weight is 1010 g/mol. The molecule has 7 heterocycles. The number of likely N-dealkylation sites (tertiary alicyclic amines) is 2. The van der Waals surface area contributed by atoms with Gasteiger partial charge in [0.2, 0.25) is 0 Å². The summed E-state index contributed by atoms with van der Waals surface area (Å²) in [5.74, 6) is 7.81. The number of aryl methyl sites for hydroxylation is 3. The van der Waals surface area contributed by atoms with Crippen molar-refractivity contribution < 1.29 is 18.9 Å². The van der Waals surface area contributed by atoms with E-state index in [2.05, 4.69) is 71.4 Å². The summed E-state index contributed by atoms with van der Waals surface area (Å²) in [5.41, 5.74) is 10.1. The highest BCUT2D eigenvalue weighted by Gasteiger charge is 2.14. The van der Waals surface area contributed by atoms with E-state index in [-0.39, 0.29) is 12.4 Å². The molecule has 0 radical (unpaired) electrons. The lowest BCUT2D eigenvalue weighted by Gasteiger charge is -2.16. The van der Waals surface area contributed by atoms with Crippen molar-refractivity contribution in [1.82, 2.24) is 49.7 Å². The van der Waals surface area contributed by atoms with E-state index in [1.54, 1.807) is 59.6 Å². The summed E-state index contributed by atoms with van der Waals surface area (Å²) in [6, 6.07) is 8.54. The molecule has 2 aliphatic heterocycles. The fourth-order valence-electron chi connectivity index (χ4n) is 6.46. The summed E-state index contributed by atoms with van der Waals surface area (Å²) >= 11 is 16.7. The summed E-state index contributed by atoms with van der Waals surface area (Å²) < 4.78 is 22.2. The number of hydrogen-bond acceptors (Lipinski definition) is 19. The Kier molecular flexibility index (Phi) is 28.3. The summed E-state index contributed by atoms with van der Waals surface area (Å²) in [6.45, 7) is 13.8. The minimum absolute atomic E-state index is 0. The van der Waals surface area contributed by atoms with Crippen molar-refractivity contribution >= 4 is 76.3 Å². The molecule has 2 fully saturated rings. The molecule has 0 unspecified atom stereocenters. The van der Waals surface area contributed by atoms with Gasteiger partial charge in [-0.05, 0) is 92.5 Å². The van der Waals surface area contributed by atoms with E-state index in [0.29, 0.717) is 86.6 Å². The lowest BCUT2D eigenvalue weighted by Crippen LogP contribution is -2.22. The molecule has 19 nitrogen and oxygen atoms in total. The van der Waals surface area contributed by atoms with Gasteiger partial charge in [0.1, 0.15) is 62.0 Å². The first-order chi connectivity index (χ1) is 31.9. The van der Waals surface area contributed by atoms with Gasteiger partial charge in [-0.25, -0.2) is 39.9 Å². The number of nitrogens with one attached hydrogen (secondary N) is 3. The van der Waals surface area contributed by atoms with E-state index in [1.165, 1.54) is 65.0 Å². The van der Waals surface area contributed by atoms with E-state index < -0.39 is 0 Å². The van der Waals surface area contributed by atoms with Crippen LogP contribution in [0.5, 0.6) is 23.0 Å². The van der Waals surface area contributed by atoms with Crippen LogP contribution in [-0.2, 0) is 0 Å². The highest BCUT2D eigenvalue weighted by atomic mass is 35.5. The number of anilines is 5. The lowest BCUT2D eigenvalue weighted by atomic mass is 10.3. The first kappa shape index (κ1) is 58.1. The second-order valence-corrected chi connectivity index (χ2v) is 15.6. The predicted octanol–water partition coefficient (Wildman–Crippen LogP) is 7.94. The number of aromatic nitrogens is 8. The standard InChI is InChI=1S/C19H28N6O2.C13H21N3O2.C6H8ClN3.C5H4Cl2N2.CH5N.ClH/c1-14-22-17(20-2)12-19(23-14)24-18-11-15(16(26-3)13-21-18)27-10-6-9-25-7-4-5-8-25;1-17-12-10-15-13(14)9-11(12)18-8-4-7-16-5-2-3-6-16;1-4-9-5(7)3-6(8-2)10-4;1-3-8-4(6)2-5(7)9-3;1-2;/h11-13H,4-10H2,1-3H3,(H2,20,21,22,23,24);9-10H,2-8H2,1H3,(H2,14,15);3H,1-2H3,(H,8,9,10);2H,1H3;2H2,1H3;1H. The number of pyridine rings is 2. The van der Waals surface area contributed by atoms with Crippen molar-refractivity contribution in [1.29, 1.82) is 0 Å². The Balaban J connectivity index is 0.000000331. The zero-order chi connectivity index (χ0) is 48.3. The van der Waals surface area contributed by atoms with E-state index in [0.717, 1.165) is 37.6 Å². The molecule has 0 atom stereocenters. The second-order valence-electron chi connectivity index (χ2n) is 14.5. The maximum Gasteiger partial charge on any atom is 0.179 e. The molecule has 370 valence electrons. The maximum atomic E-state index is 5.96. The Morgan fingerprint density at radius 1 is 0.552 bits per heavy atom. The normalized spacial score (nSPS) is 12.8. The molecule has 0 amide bonds. The van der Waals surface area contributed by atoms with Crippen molar-refractivity contribution in [2.24, 2.45) is 5.73 Å². The van der Waals surface area contributed by atoms with E-state index in [9.17, 15) is 0 Å². The molecule has 7 rings (SSSR count). The molecule has 67 heavy (non-hydrogen) atoms. The Hall–Kier alpha value is -5.02. The molecule has 0 aliphatic carbocycles. The fourth-order valence-corrected chi connectivity index (χ4v) is 7.20. The molecular weight excluding hydrogens is 944 g/mol. The molecular formula is C44H67Cl4N15O4. The van der Waals surface area contributed by atoms with Gasteiger partial charge in [0.25, 0.3) is 0 Å². The zero-order valence-corrected chi connectivity index (χ0v) is 42.8. The van der Waals surface area contributed by atoms with Crippen LogP contribution in [0.25, 0.3) is 0 Å². The number of nitrogens with zero attached hydrogens (tertiary/aromatic N) is 10. The first-order valence-electron chi connectivity index (χ1n) is 21.7. The fraction of sp³-hybridized carbons (Fsp3) is 0.500. The van der Waals surface area contributed by atoms with Gasteiger partial charge in [-0.2, -0.15) is 0 Å². The summed E-state index contributed by atoms with van der Waals surface area (Å²) in [6.07, 6.45) is 10.5. The van der Waals surface area contributed by atoms with Crippen LogP contribution in [0.1, 0.15) is 56.0 Å². The third-order valence-electron chi connectivity index (χ3n) is 9.46. The smallest absolute Gasteiger partial charge is 0.179 e. The minimum atomic E-state index is 0. The molecule has 0 saturated carbocycles. The first-order valence-corrected chi connectivity index (χ1v) is 22.8. The number of nitrogen functional groups attached to an aromatic ring is 1. The quantitative estimate of drug-likeness (QED) is 0.0466. The van der Waals surface area contributed by atoms with Gasteiger partial charge < -0.3 is 56.2 Å². The summed E-state index contributed by atoms with van der Waals surface area (Å²) in [5, 5.41) is 10.3. The molecule has 0 aromatic carbocycles. The third kappa shape index (κ3) is 22.6. The molecule has 2 aliphatic rings. The van der Waals surface area contributed by atoms with Crippen molar-refractivity contribution in [3.05, 3.63) is 75.7 Å². The number of hydrogen-bond donors (Lipinski definition) is 5. The Labute approximate surface area is 416 Å². The van der Waals surface area contributed by atoms with Crippen LogP contribution in [0.2, 0.25) is 15.5 Å². The average Bonchev–Trinajstić information content (AvgIpc) is 4.03. The monoisotopic (exact) mass is 1010 g/mol. The number of nitrogens with two attached hydrogens (primary N) is 2. The van der Waals surface area contributed by atoms with Crippen molar-refractivity contribution in [3.63, 3.8) is 0 Å². The van der Waals surface area contributed by atoms with Crippen LogP contribution < -0.4 is 46.4 Å². The number of rotatable bonds is 16. The van der Waals surface area contributed by atoms with Crippen LogP contribution in [0.3, 0.4) is 0 Å². The Morgan fingerprint density at radius 2 is 0.970 bits per heavy atom. The van der Waals surface area contributed by atoms with Gasteiger partial charge in [0.15, 0.2) is 23.0 Å². The van der Waals surface area contributed by atoms with Gasteiger partial charge in [0.05, 0.1) is 39.8 Å². The van der Waals surface area contributed by atoms with E-state index in [1.807, 2.05) is 26.1 Å². The molecule has 0 bridgehead atoms. The number of methoxy groups -OCH3 is 2. The zero-order valence-electron chi connectivity index (χ0n) is 39.7. The van der Waals surface area contributed by atoms with Crippen molar-refractivity contribution in [2.45, 2.75) is 59.3 Å².